The number of halogens is 3. The molecule has 20 heavy (non-hydrogen) atoms. The highest BCUT2D eigenvalue weighted by Gasteiger charge is 2.10. The van der Waals surface area contributed by atoms with Crippen molar-refractivity contribution in [2.24, 2.45) is 0 Å². The summed E-state index contributed by atoms with van der Waals surface area (Å²) in [5, 5.41) is 3.36. The summed E-state index contributed by atoms with van der Waals surface area (Å²) in [5.74, 6) is -0.165. The smallest absolute Gasteiger partial charge is 0.123 e. The molecule has 0 saturated carbocycles. The number of nitrogens with one attached hydrogen (secondary N) is 1. The molecule has 0 radical (unpaired) electrons. The number of likely N-dealkylation sites (N-methyl/N-ethyl adjacent to an activating group) is 1. The molecule has 0 spiro atoms. The van der Waals surface area contributed by atoms with Crippen molar-refractivity contribution in [2.75, 3.05) is 46.3 Å². The molecule has 6 heteroatoms. The Kier molecular flexibility index (Phi) is 10.2. The number of piperazine rings is 1. The van der Waals surface area contributed by atoms with Gasteiger partial charge in [-0.05, 0) is 24.7 Å². The van der Waals surface area contributed by atoms with E-state index >= 15 is 0 Å². The van der Waals surface area contributed by atoms with Gasteiger partial charge in [0.2, 0.25) is 0 Å². The Morgan fingerprint density at radius 1 is 1.15 bits per heavy atom. The standard InChI is InChI=1S/C14H22FN3.2ClH/c1-17(10-11-18-8-6-16-7-9-18)12-13-2-4-14(15)5-3-13;;/h2-5,16H,6-12H2,1H3;2*1H. The topological polar surface area (TPSA) is 18.5 Å². The molecule has 0 amide bonds. The van der Waals surface area contributed by atoms with E-state index in [1.54, 1.807) is 0 Å². The van der Waals surface area contributed by atoms with Crippen LogP contribution in [0.4, 0.5) is 4.39 Å². The van der Waals surface area contributed by atoms with Crippen LogP contribution in [0.5, 0.6) is 0 Å². The third-order valence-corrected chi connectivity index (χ3v) is 3.37. The molecular formula is C14H24Cl2FN3. The van der Waals surface area contributed by atoms with Crippen LogP contribution in [0.25, 0.3) is 0 Å². The van der Waals surface area contributed by atoms with Gasteiger partial charge >= 0.3 is 0 Å². The van der Waals surface area contributed by atoms with Crippen LogP contribution in [0.2, 0.25) is 0 Å². The van der Waals surface area contributed by atoms with Crippen molar-refractivity contribution >= 4 is 24.8 Å². The van der Waals surface area contributed by atoms with Gasteiger partial charge in [0.1, 0.15) is 5.82 Å². The summed E-state index contributed by atoms with van der Waals surface area (Å²) in [7, 11) is 2.12. The van der Waals surface area contributed by atoms with E-state index in [1.165, 1.54) is 17.7 Å². The summed E-state index contributed by atoms with van der Waals surface area (Å²) < 4.78 is 12.8. The van der Waals surface area contributed by atoms with Gasteiger partial charge in [-0.15, -0.1) is 24.8 Å². The molecule has 1 aliphatic rings. The second-order valence-electron chi connectivity index (χ2n) is 4.96. The Balaban J connectivity index is 0.00000180. The highest BCUT2D eigenvalue weighted by molar-refractivity contribution is 5.85. The van der Waals surface area contributed by atoms with E-state index in [1.807, 2.05) is 12.1 Å². The molecule has 3 nitrogen and oxygen atoms in total. The first-order chi connectivity index (χ1) is 8.74. The maximum Gasteiger partial charge on any atom is 0.123 e. The van der Waals surface area contributed by atoms with Gasteiger partial charge in [-0.2, -0.15) is 0 Å². The Morgan fingerprint density at radius 2 is 1.75 bits per heavy atom. The van der Waals surface area contributed by atoms with Crippen molar-refractivity contribution in [1.82, 2.24) is 15.1 Å². The van der Waals surface area contributed by atoms with Crippen molar-refractivity contribution in [3.8, 4) is 0 Å². The maximum atomic E-state index is 12.8. The lowest BCUT2D eigenvalue weighted by molar-refractivity contribution is 0.202. The Bertz CT molecular complexity index is 356. The monoisotopic (exact) mass is 323 g/mol. The Labute approximate surface area is 133 Å². The first kappa shape index (κ1) is 19.6. The van der Waals surface area contributed by atoms with Gasteiger partial charge in [0, 0.05) is 45.8 Å². The van der Waals surface area contributed by atoms with Crippen molar-refractivity contribution in [3.63, 3.8) is 0 Å². The van der Waals surface area contributed by atoms with E-state index in [4.69, 9.17) is 0 Å². The van der Waals surface area contributed by atoms with Crippen LogP contribution < -0.4 is 5.32 Å². The normalized spacial score (nSPS) is 15.6. The maximum absolute atomic E-state index is 12.8. The lowest BCUT2D eigenvalue weighted by Gasteiger charge is -2.29. The van der Waals surface area contributed by atoms with Gasteiger partial charge in [-0.3, -0.25) is 4.90 Å². The summed E-state index contributed by atoms with van der Waals surface area (Å²) in [4.78, 5) is 4.77. The molecule has 0 bridgehead atoms. The summed E-state index contributed by atoms with van der Waals surface area (Å²) in [6.45, 7) is 7.53. The fourth-order valence-corrected chi connectivity index (χ4v) is 2.23. The highest BCUT2D eigenvalue weighted by atomic mass is 35.5. The van der Waals surface area contributed by atoms with Crippen LogP contribution in [-0.2, 0) is 6.54 Å². The second-order valence-corrected chi connectivity index (χ2v) is 4.96. The third-order valence-electron chi connectivity index (χ3n) is 3.37. The molecule has 1 N–H and O–H groups in total. The van der Waals surface area contributed by atoms with Gasteiger partial charge in [0.05, 0.1) is 0 Å². The molecule has 1 heterocycles. The molecule has 1 saturated heterocycles. The van der Waals surface area contributed by atoms with Gasteiger partial charge in [0.25, 0.3) is 0 Å². The predicted molar refractivity (Wildman–Crippen MR) is 86.5 cm³/mol. The summed E-state index contributed by atoms with van der Waals surface area (Å²) >= 11 is 0. The van der Waals surface area contributed by atoms with Crippen molar-refractivity contribution in [3.05, 3.63) is 35.6 Å². The molecule has 1 aromatic rings. The molecule has 2 rings (SSSR count). The predicted octanol–water partition coefficient (Wildman–Crippen LogP) is 2.01. The van der Waals surface area contributed by atoms with Gasteiger partial charge in [-0.25, -0.2) is 4.39 Å². The molecule has 1 aliphatic heterocycles. The number of benzene rings is 1. The van der Waals surface area contributed by atoms with E-state index in [0.717, 1.165) is 45.8 Å². The summed E-state index contributed by atoms with van der Waals surface area (Å²) in [6, 6.07) is 6.77. The summed E-state index contributed by atoms with van der Waals surface area (Å²) in [5.41, 5.74) is 1.17. The van der Waals surface area contributed by atoms with E-state index < -0.39 is 0 Å². The molecular weight excluding hydrogens is 300 g/mol. The van der Waals surface area contributed by atoms with Crippen molar-refractivity contribution < 1.29 is 4.39 Å². The molecule has 1 aromatic carbocycles. The Hall–Kier alpha value is -0.390. The minimum atomic E-state index is -0.165. The van der Waals surface area contributed by atoms with E-state index in [-0.39, 0.29) is 30.6 Å². The number of hydrogen-bond donors (Lipinski definition) is 1. The molecule has 0 unspecified atom stereocenters. The minimum Gasteiger partial charge on any atom is -0.314 e. The zero-order valence-corrected chi connectivity index (χ0v) is 13.5. The molecule has 0 aliphatic carbocycles. The largest absolute Gasteiger partial charge is 0.314 e. The van der Waals surface area contributed by atoms with E-state index in [2.05, 4.69) is 22.2 Å². The summed E-state index contributed by atoms with van der Waals surface area (Å²) in [6.07, 6.45) is 0. The number of hydrogen-bond acceptors (Lipinski definition) is 3. The fraction of sp³-hybridized carbons (Fsp3) is 0.571. The quantitative estimate of drug-likeness (QED) is 0.894. The average molecular weight is 324 g/mol. The third kappa shape index (κ3) is 6.86. The zero-order chi connectivity index (χ0) is 12.8. The first-order valence-corrected chi connectivity index (χ1v) is 6.60. The van der Waals surface area contributed by atoms with Crippen LogP contribution >= 0.6 is 24.8 Å². The van der Waals surface area contributed by atoms with Crippen LogP contribution in [0.1, 0.15) is 5.56 Å². The van der Waals surface area contributed by atoms with Gasteiger partial charge < -0.3 is 10.2 Å². The van der Waals surface area contributed by atoms with E-state index in [0.29, 0.717) is 0 Å². The Morgan fingerprint density at radius 3 is 2.35 bits per heavy atom. The van der Waals surface area contributed by atoms with Crippen molar-refractivity contribution in [1.29, 1.82) is 0 Å². The average Bonchev–Trinajstić information content (AvgIpc) is 2.40. The SMILES string of the molecule is CN(CCN1CCNCC1)Cc1ccc(F)cc1.Cl.Cl. The van der Waals surface area contributed by atoms with Crippen molar-refractivity contribution in [2.45, 2.75) is 6.54 Å². The fourth-order valence-electron chi connectivity index (χ4n) is 2.23. The van der Waals surface area contributed by atoms with Crippen LogP contribution in [-0.4, -0.2) is 56.1 Å². The molecule has 0 aromatic heterocycles. The first-order valence-electron chi connectivity index (χ1n) is 6.60. The molecule has 1 fully saturated rings. The highest BCUT2D eigenvalue weighted by Crippen LogP contribution is 2.05. The molecule has 0 atom stereocenters. The molecule has 116 valence electrons. The number of rotatable bonds is 5. The van der Waals surface area contributed by atoms with Gasteiger partial charge in [0.15, 0.2) is 0 Å². The van der Waals surface area contributed by atoms with E-state index in [9.17, 15) is 4.39 Å². The lowest BCUT2D eigenvalue weighted by atomic mass is 10.2. The van der Waals surface area contributed by atoms with Crippen LogP contribution in [0.15, 0.2) is 24.3 Å². The second kappa shape index (κ2) is 10.4. The zero-order valence-electron chi connectivity index (χ0n) is 11.8. The van der Waals surface area contributed by atoms with Crippen LogP contribution in [0.3, 0.4) is 0 Å². The van der Waals surface area contributed by atoms with Gasteiger partial charge in [-0.1, -0.05) is 12.1 Å². The number of nitrogens with zero attached hydrogens (tertiary/aromatic N) is 2. The lowest BCUT2D eigenvalue weighted by Crippen LogP contribution is -2.45. The van der Waals surface area contributed by atoms with Crippen LogP contribution in [0, 0.1) is 5.82 Å². The minimum absolute atomic E-state index is 0.